The number of nitrogens with one attached hydrogen (secondary N) is 1. The monoisotopic (exact) mass is 377 g/mol. The van der Waals surface area contributed by atoms with Crippen LogP contribution in [0.1, 0.15) is 35.3 Å². The fraction of sp³-hybridized carbons (Fsp3) is 0.348. The van der Waals surface area contributed by atoms with E-state index in [4.69, 9.17) is 0 Å². The average molecular weight is 377 g/mol. The van der Waals surface area contributed by atoms with Crippen LogP contribution in [0.5, 0.6) is 0 Å². The van der Waals surface area contributed by atoms with Gasteiger partial charge in [-0.1, -0.05) is 36.4 Å². The Morgan fingerprint density at radius 1 is 1.07 bits per heavy atom. The third-order valence-electron chi connectivity index (χ3n) is 5.79. The Kier molecular flexibility index (Phi) is 5.20. The molecule has 1 aliphatic rings. The Bertz CT molecular complexity index is 954. The zero-order valence-electron chi connectivity index (χ0n) is 16.4. The summed E-state index contributed by atoms with van der Waals surface area (Å²) in [5.74, 6) is -0.893. The van der Waals surface area contributed by atoms with Gasteiger partial charge in [0, 0.05) is 55.4 Å². The quantitative estimate of drug-likeness (QED) is 0.707. The standard InChI is InChI=1S/C23H27N3O2/c1-16-12-25(13-17(2)26(16)14-18-6-4-3-5-7-18)15-20-11-24-22-10-19(23(27)28)8-9-21(20)22/h3-11,16-17,24H,12-15H2,1-2H3,(H,27,28)/t16-,17+. The second kappa shape index (κ2) is 7.78. The summed E-state index contributed by atoms with van der Waals surface area (Å²) in [6.07, 6.45) is 2.02. The highest BCUT2D eigenvalue weighted by atomic mass is 16.4. The summed E-state index contributed by atoms with van der Waals surface area (Å²) in [6, 6.07) is 16.9. The zero-order chi connectivity index (χ0) is 19.7. The second-order valence-corrected chi connectivity index (χ2v) is 7.93. The van der Waals surface area contributed by atoms with Gasteiger partial charge in [-0.15, -0.1) is 0 Å². The van der Waals surface area contributed by atoms with Gasteiger partial charge >= 0.3 is 5.97 Å². The van der Waals surface area contributed by atoms with E-state index in [0.717, 1.165) is 37.1 Å². The molecule has 2 atom stereocenters. The van der Waals surface area contributed by atoms with Crippen LogP contribution in [0.15, 0.2) is 54.7 Å². The lowest BCUT2D eigenvalue weighted by Gasteiger charge is -2.44. The molecule has 0 radical (unpaired) electrons. The molecule has 146 valence electrons. The minimum absolute atomic E-state index is 0.317. The highest BCUT2D eigenvalue weighted by Crippen LogP contribution is 2.24. The summed E-state index contributed by atoms with van der Waals surface area (Å²) < 4.78 is 0. The van der Waals surface area contributed by atoms with Crippen LogP contribution in [0.25, 0.3) is 10.9 Å². The van der Waals surface area contributed by atoms with Crippen molar-refractivity contribution in [3.63, 3.8) is 0 Å². The first-order chi connectivity index (χ1) is 13.5. The fourth-order valence-corrected chi connectivity index (χ4v) is 4.39. The molecule has 2 aromatic carbocycles. The summed E-state index contributed by atoms with van der Waals surface area (Å²) in [7, 11) is 0. The minimum atomic E-state index is -0.893. The van der Waals surface area contributed by atoms with Gasteiger partial charge < -0.3 is 10.1 Å². The number of carboxylic acids is 1. The SMILES string of the molecule is C[C@@H]1CN(Cc2c[nH]c3cc(C(=O)O)ccc23)C[C@H](C)N1Cc1ccccc1. The maximum absolute atomic E-state index is 11.2. The van der Waals surface area contributed by atoms with Crippen molar-refractivity contribution >= 4 is 16.9 Å². The topological polar surface area (TPSA) is 59.6 Å². The van der Waals surface area contributed by atoms with E-state index in [2.05, 4.69) is 59.0 Å². The molecule has 0 amide bonds. The average Bonchev–Trinajstić information content (AvgIpc) is 3.07. The number of carboxylic acid groups (broad SMARTS) is 1. The smallest absolute Gasteiger partial charge is 0.335 e. The molecule has 1 aliphatic heterocycles. The first-order valence-electron chi connectivity index (χ1n) is 9.86. The molecule has 0 saturated carbocycles. The highest BCUT2D eigenvalue weighted by molar-refractivity contribution is 5.94. The largest absolute Gasteiger partial charge is 0.478 e. The van der Waals surface area contributed by atoms with Crippen molar-refractivity contribution < 1.29 is 9.90 Å². The van der Waals surface area contributed by atoms with E-state index in [1.54, 1.807) is 12.1 Å². The van der Waals surface area contributed by atoms with Crippen LogP contribution >= 0.6 is 0 Å². The number of aromatic carboxylic acids is 1. The van der Waals surface area contributed by atoms with Gasteiger partial charge in [0.25, 0.3) is 0 Å². The van der Waals surface area contributed by atoms with Gasteiger partial charge in [0.1, 0.15) is 0 Å². The van der Waals surface area contributed by atoms with Crippen LogP contribution in [0.3, 0.4) is 0 Å². The number of carbonyl (C=O) groups is 1. The molecule has 0 bridgehead atoms. The van der Waals surface area contributed by atoms with Crippen molar-refractivity contribution in [1.82, 2.24) is 14.8 Å². The van der Waals surface area contributed by atoms with Crippen LogP contribution in [0, 0.1) is 0 Å². The lowest BCUT2D eigenvalue weighted by atomic mass is 10.0. The second-order valence-electron chi connectivity index (χ2n) is 7.93. The van der Waals surface area contributed by atoms with Gasteiger partial charge in [0.15, 0.2) is 0 Å². The summed E-state index contributed by atoms with van der Waals surface area (Å²) in [5.41, 5.74) is 3.79. The third-order valence-corrected chi connectivity index (χ3v) is 5.79. The van der Waals surface area contributed by atoms with E-state index in [0.29, 0.717) is 17.6 Å². The number of H-pyrrole nitrogens is 1. The number of nitrogens with zero attached hydrogens (tertiary/aromatic N) is 2. The summed E-state index contributed by atoms with van der Waals surface area (Å²) >= 11 is 0. The van der Waals surface area contributed by atoms with E-state index in [1.807, 2.05) is 12.3 Å². The summed E-state index contributed by atoms with van der Waals surface area (Å²) in [5, 5.41) is 10.3. The first-order valence-corrected chi connectivity index (χ1v) is 9.86. The molecule has 1 aromatic heterocycles. The molecule has 4 rings (SSSR count). The molecule has 28 heavy (non-hydrogen) atoms. The van der Waals surface area contributed by atoms with Gasteiger partial charge in [-0.05, 0) is 37.1 Å². The number of aromatic nitrogens is 1. The van der Waals surface area contributed by atoms with Crippen molar-refractivity contribution in [2.24, 2.45) is 0 Å². The molecule has 5 heteroatoms. The van der Waals surface area contributed by atoms with Gasteiger partial charge in [-0.2, -0.15) is 0 Å². The van der Waals surface area contributed by atoms with E-state index in [-0.39, 0.29) is 0 Å². The normalized spacial score (nSPS) is 21.2. The van der Waals surface area contributed by atoms with Crippen LogP contribution in [0.4, 0.5) is 0 Å². The number of fused-ring (bicyclic) bond motifs is 1. The van der Waals surface area contributed by atoms with Gasteiger partial charge in [-0.25, -0.2) is 4.79 Å². The molecule has 1 saturated heterocycles. The lowest BCUT2D eigenvalue weighted by Crippen LogP contribution is -2.55. The maximum atomic E-state index is 11.2. The van der Waals surface area contributed by atoms with Crippen LogP contribution in [-0.2, 0) is 13.1 Å². The molecule has 0 aliphatic carbocycles. The van der Waals surface area contributed by atoms with Gasteiger partial charge in [-0.3, -0.25) is 9.80 Å². The van der Waals surface area contributed by atoms with E-state index in [1.165, 1.54) is 11.1 Å². The Hall–Kier alpha value is -2.63. The Balaban J connectivity index is 1.45. The molecule has 2 heterocycles. The summed E-state index contributed by atoms with van der Waals surface area (Å²) in [6.45, 7) is 8.52. The predicted octanol–water partition coefficient (Wildman–Crippen LogP) is 3.96. The van der Waals surface area contributed by atoms with Crippen LogP contribution < -0.4 is 0 Å². The molecule has 0 spiro atoms. The van der Waals surface area contributed by atoms with Gasteiger partial charge in [0.2, 0.25) is 0 Å². The molecule has 2 N–H and O–H groups in total. The number of hydrogen-bond acceptors (Lipinski definition) is 3. The van der Waals surface area contributed by atoms with Crippen molar-refractivity contribution in [1.29, 1.82) is 0 Å². The van der Waals surface area contributed by atoms with Crippen molar-refractivity contribution in [3.05, 3.63) is 71.4 Å². The molecule has 1 fully saturated rings. The van der Waals surface area contributed by atoms with E-state index in [9.17, 15) is 9.90 Å². The lowest BCUT2D eigenvalue weighted by molar-refractivity contribution is 0.0292. The van der Waals surface area contributed by atoms with Gasteiger partial charge in [0.05, 0.1) is 5.56 Å². The Morgan fingerprint density at radius 3 is 2.46 bits per heavy atom. The number of benzene rings is 2. The van der Waals surface area contributed by atoms with Crippen LogP contribution in [0.2, 0.25) is 0 Å². The summed E-state index contributed by atoms with van der Waals surface area (Å²) in [4.78, 5) is 19.5. The number of aromatic amines is 1. The van der Waals surface area contributed by atoms with Crippen molar-refractivity contribution in [2.45, 2.75) is 39.0 Å². The van der Waals surface area contributed by atoms with Crippen molar-refractivity contribution in [2.75, 3.05) is 13.1 Å². The number of piperazine rings is 1. The maximum Gasteiger partial charge on any atom is 0.335 e. The molecule has 5 nitrogen and oxygen atoms in total. The molecule has 0 unspecified atom stereocenters. The third kappa shape index (κ3) is 3.81. The van der Waals surface area contributed by atoms with Crippen LogP contribution in [-0.4, -0.2) is 51.0 Å². The minimum Gasteiger partial charge on any atom is -0.478 e. The molecular formula is C23H27N3O2. The molecular weight excluding hydrogens is 350 g/mol. The highest BCUT2D eigenvalue weighted by Gasteiger charge is 2.29. The van der Waals surface area contributed by atoms with E-state index >= 15 is 0 Å². The molecule has 3 aromatic rings. The number of hydrogen-bond donors (Lipinski definition) is 2. The van der Waals surface area contributed by atoms with Crippen molar-refractivity contribution in [3.8, 4) is 0 Å². The predicted molar refractivity (Wildman–Crippen MR) is 111 cm³/mol. The Labute approximate surface area is 165 Å². The first kappa shape index (κ1) is 18.7. The number of rotatable bonds is 5. The zero-order valence-corrected chi connectivity index (χ0v) is 16.4. The fourth-order valence-electron chi connectivity index (χ4n) is 4.39. The van der Waals surface area contributed by atoms with E-state index < -0.39 is 5.97 Å². The Morgan fingerprint density at radius 2 is 1.79 bits per heavy atom.